The zero-order valence-corrected chi connectivity index (χ0v) is 16.2. The largest absolute Gasteiger partial charge is 0.436 e. The van der Waals surface area contributed by atoms with Crippen molar-refractivity contribution in [3.8, 4) is 22.6 Å². The van der Waals surface area contributed by atoms with Gasteiger partial charge in [0.15, 0.2) is 5.58 Å². The van der Waals surface area contributed by atoms with Gasteiger partial charge < -0.3 is 10.2 Å². The molecule has 0 spiro atoms. The van der Waals surface area contributed by atoms with Crippen LogP contribution in [0.3, 0.4) is 0 Å². The Hall–Kier alpha value is -3.25. The fraction of sp³-hybridized carbons (Fsp3) is 0.261. The molecule has 6 nitrogen and oxygen atoms in total. The molecule has 3 aromatic heterocycles. The lowest BCUT2D eigenvalue weighted by Crippen LogP contribution is -2.29. The monoisotopic (exact) mass is 385 g/mol. The highest BCUT2D eigenvalue weighted by atomic mass is 16.3. The summed E-state index contributed by atoms with van der Waals surface area (Å²) < 4.78 is 5.87. The molecular formula is C23H23N5O. The number of hydrogen-bond acceptors (Lipinski definition) is 6. The van der Waals surface area contributed by atoms with Crippen LogP contribution in [0.25, 0.3) is 33.7 Å². The molecule has 1 aromatic carbocycles. The standard InChI is InChI=1S/C23H23N5O/c24-22-19(23-27-20-14-25-8-7-21(20)29-23)12-18(13-26-22)17-6-4-5-16(11-17)15-28-9-2-1-3-10-28/h4-8,11-14H,1-3,9-10,15H2,(H2,24,26). The summed E-state index contributed by atoms with van der Waals surface area (Å²) in [6, 6.07) is 12.4. The SMILES string of the molecule is Nc1ncc(-c2cccc(CN3CCCCC3)c2)cc1-c1nc2cnccc2o1. The third kappa shape index (κ3) is 3.71. The van der Waals surface area contributed by atoms with Gasteiger partial charge in [-0.05, 0) is 49.2 Å². The molecule has 29 heavy (non-hydrogen) atoms. The molecule has 0 unspecified atom stereocenters. The zero-order valence-electron chi connectivity index (χ0n) is 16.2. The third-order valence-corrected chi connectivity index (χ3v) is 5.45. The topological polar surface area (TPSA) is 81.1 Å². The number of fused-ring (bicyclic) bond motifs is 1. The summed E-state index contributed by atoms with van der Waals surface area (Å²) in [6.45, 7) is 3.36. The van der Waals surface area contributed by atoms with E-state index in [1.165, 1.54) is 37.9 Å². The van der Waals surface area contributed by atoms with E-state index in [4.69, 9.17) is 10.2 Å². The van der Waals surface area contributed by atoms with Crippen molar-refractivity contribution < 1.29 is 4.42 Å². The number of hydrogen-bond donors (Lipinski definition) is 1. The highest BCUT2D eigenvalue weighted by Gasteiger charge is 2.15. The Morgan fingerprint density at radius 1 is 1.00 bits per heavy atom. The molecule has 1 aliphatic rings. The van der Waals surface area contributed by atoms with E-state index in [1.54, 1.807) is 18.5 Å². The Balaban J connectivity index is 1.47. The van der Waals surface area contributed by atoms with Crippen LogP contribution in [0.4, 0.5) is 5.82 Å². The number of pyridine rings is 2. The van der Waals surface area contributed by atoms with Crippen molar-refractivity contribution in [3.05, 3.63) is 60.6 Å². The number of piperidine rings is 1. The minimum Gasteiger partial charge on any atom is -0.436 e. The molecule has 0 amide bonds. The number of nitrogens with two attached hydrogens (primary N) is 1. The van der Waals surface area contributed by atoms with Crippen LogP contribution in [-0.2, 0) is 6.54 Å². The van der Waals surface area contributed by atoms with Gasteiger partial charge in [0.05, 0.1) is 11.8 Å². The zero-order chi connectivity index (χ0) is 19.6. The predicted octanol–water partition coefficient (Wildman–Crippen LogP) is 4.52. The molecule has 2 N–H and O–H groups in total. The number of nitrogens with zero attached hydrogens (tertiary/aromatic N) is 4. The number of rotatable bonds is 4. The Bertz CT molecular complexity index is 1110. The van der Waals surface area contributed by atoms with Crippen LogP contribution in [0.15, 0.2) is 59.4 Å². The van der Waals surface area contributed by atoms with E-state index in [0.29, 0.717) is 28.4 Å². The van der Waals surface area contributed by atoms with Gasteiger partial charge in [0, 0.05) is 30.6 Å². The van der Waals surface area contributed by atoms with Crippen molar-refractivity contribution >= 4 is 16.9 Å². The highest BCUT2D eigenvalue weighted by molar-refractivity contribution is 5.80. The molecule has 6 heteroatoms. The number of aromatic nitrogens is 3. The van der Waals surface area contributed by atoms with Gasteiger partial charge in [0.2, 0.25) is 5.89 Å². The molecule has 4 heterocycles. The average Bonchev–Trinajstić information content (AvgIpc) is 3.19. The summed E-state index contributed by atoms with van der Waals surface area (Å²) >= 11 is 0. The number of likely N-dealkylation sites (tertiary alicyclic amines) is 1. The normalized spacial score (nSPS) is 15.0. The minimum atomic E-state index is 0.401. The number of anilines is 1. The van der Waals surface area contributed by atoms with E-state index in [-0.39, 0.29) is 0 Å². The lowest BCUT2D eigenvalue weighted by molar-refractivity contribution is 0.221. The summed E-state index contributed by atoms with van der Waals surface area (Å²) in [7, 11) is 0. The van der Waals surface area contributed by atoms with Gasteiger partial charge in [0.25, 0.3) is 0 Å². The summed E-state index contributed by atoms with van der Waals surface area (Å²) in [4.78, 5) is 15.5. The maximum atomic E-state index is 6.14. The first-order valence-corrected chi connectivity index (χ1v) is 10.0. The summed E-state index contributed by atoms with van der Waals surface area (Å²) in [6.07, 6.45) is 9.12. The fourth-order valence-corrected chi connectivity index (χ4v) is 3.92. The molecule has 0 radical (unpaired) electrons. The number of oxazole rings is 1. The molecule has 1 saturated heterocycles. The Labute approximate surface area is 169 Å². The molecule has 146 valence electrons. The van der Waals surface area contributed by atoms with Gasteiger partial charge in [-0.1, -0.05) is 24.6 Å². The molecule has 0 atom stereocenters. The summed E-state index contributed by atoms with van der Waals surface area (Å²) in [5.74, 6) is 0.863. The van der Waals surface area contributed by atoms with Crippen LogP contribution >= 0.6 is 0 Å². The fourth-order valence-electron chi connectivity index (χ4n) is 3.92. The van der Waals surface area contributed by atoms with E-state index in [9.17, 15) is 0 Å². The molecule has 1 aliphatic heterocycles. The van der Waals surface area contributed by atoms with Crippen molar-refractivity contribution in [1.82, 2.24) is 19.9 Å². The first-order valence-electron chi connectivity index (χ1n) is 10.0. The second kappa shape index (κ2) is 7.64. The smallest absolute Gasteiger partial charge is 0.231 e. The molecule has 5 rings (SSSR count). The van der Waals surface area contributed by atoms with Crippen LogP contribution in [0.5, 0.6) is 0 Å². The summed E-state index contributed by atoms with van der Waals surface area (Å²) in [5.41, 5.74) is 11.7. The van der Waals surface area contributed by atoms with Gasteiger partial charge in [-0.2, -0.15) is 0 Å². The second-order valence-corrected chi connectivity index (χ2v) is 7.56. The lowest BCUT2D eigenvalue weighted by atomic mass is 10.0. The van der Waals surface area contributed by atoms with Gasteiger partial charge in [0.1, 0.15) is 11.3 Å². The van der Waals surface area contributed by atoms with Crippen molar-refractivity contribution in [2.24, 2.45) is 0 Å². The first kappa shape index (κ1) is 17.8. The van der Waals surface area contributed by atoms with Crippen molar-refractivity contribution in [2.75, 3.05) is 18.8 Å². The van der Waals surface area contributed by atoms with Crippen LogP contribution < -0.4 is 5.73 Å². The van der Waals surface area contributed by atoms with Gasteiger partial charge in [-0.25, -0.2) is 9.97 Å². The minimum absolute atomic E-state index is 0.401. The summed E-state index contributed by atoms with van der Waals surface area (Å²) in [5, 5.41) is 0. The van der Waals surface area contributed by atoms with Crippen molar-refractivity contribution in [3.63, 3.8) is 0 Å². The number of nitrogen functional groups attached to an aromatic ring is 1. The third-order valence-electron chi connectivity index (χ3n) is 5.45. The Morgan fingerprint density at radius 3 is 2.76 bits per heavy atom. The highest BCUT2D eigenvalue weighted by Crippen LogP contribution is 2.31. The lowest BCUT2D eigenvalue weighted by Gasteiger charge is -2.26. The van der Waals surface area contributed by atoms with E-state index in [0.717, 1.165) is 17.7 Å². The van der Waals surface area contributed by atoms with Gasteiger partial charge in [-0.15, -0.1) is 0 Å². The molecule has 0 saturated carbocycles. The molecule has 0 bridgehead atoms. The van der Waals surface area contributed by atoms with E-state index < -0.39 is 0 Å². The second-order valence-electron chi connectivity index (χ2n) is 7.56. The Kier molecular flexibility index (Phi) is 4.69. The van der Waals surface area contributed by atoms with Crippen LogP contribution in [0.1, 0.15) is 24.8 Å². The first-order chi connectivity index (χ1) is 14.3. The van der Waals surface area contributed by atoms with Crippen LogP contribution in [0.2, 0.25) is 0 Å². The molecule has 0 aliphatic carbocycles. The van der Waals surface area contributed by atoms with Crippen molar-refractivity contribution in [1.29, 1.82) is 0 Å². The van der Waals surface area contributed by atoms with Gasteiger partial charge >= 0.3 is 0 Å². The van der Waals surface area contributed by atoms with E-state index >= 15 is 0 Å². The number of benzene rings is 1. The van der Waals surface area contributed by atoms with E-state index in [2.05, 4.69) is 44.1 Å². The molecular weight excluding hydrogens is 362 g/mol. The predicted molar refractivity (Wildman–Crippen MR) is 114 cm³/mol. The average molecular weight is 385 g/mol. The quantitative estimate of drug-likeness (QED) is 0.556. The van der Waals surface area contributed by atoms with Crippen LogP contribution in [-0.4, -0.2) is 32.9 Å². The van der Waals surface area contributed by atoms with Crippen LogP contribution in [0, 0.1) is 0 Å². The van der Waals surface area contributed by atoms with Gasteiger partial charge in [-0.3, -0.25) is 9.88 Å². The molecule has 1 fully saturated rings. The maximum absolute atomic E-state index is 6.14. The maximum Gasteiger partial charge on any atom is 0.231 e. The molecule has 4 aromatic rings. The van der Waals surface area contributed by atoms with Crippen molar-refractivity contribution in [2.45, 2.75) is 25.8 Å². The Morgan fingerprint density at radius 2 is 1.90 bits per heavy atom. The van der Waals surface area contributed by atoms with E-state index in [1.807, 2.05) is 12.3 Å².